The Balaban J connectivity index is 2.46. The second-order valence-corrected chi connectivity index (χ2v) is 4.18. The van der Waals surface area contributed by atoms with Gasteiger partial charge in [0.2, 0.25) is 0 Å². The molecule has 1 aromatic carbocycles. The van der Waals surface area contributed by atoms with Crippen LogP contribution in [0.2, 0.25) is 0 Å². The van der Waals surface area contributed by atoms with E-state index in [0.29, 0.717) is 0 Å². The number of benzene rings is 1. The summed E-state index contributed by atoms with van der Waals surface area (Å²) in [6, 6.07) is 7.74. The van der Waals surface area contributed by atoms with Gasteiger partial charge in [-0.05, 0) is 0 Å². The van der Waals surface area contributed by atoms with E-state index >= 15 is 0 Å². The fourth-order valence-corrected chi connectivity index (χ4v) is 2.00. The third-order valence-electron chi connectivity index (χ3n) is 2.20. The largest absolute Gasteiger partial charge is 0.432 e. The Hall–Kier alpha value is -1.44. The molecule has 1 heterocycles. The third-order valence-corrected chi connectivity index (χ3v) is 2.63. The standard InChI is InChI=1S/C10H7ClO6/c12-9-10(6-7-16-9,17-11(13,14)15)8-4-2-1-3-5-8/h1-7H. The Morgan fingerprint density at radius 3 is 2.29 bits per heavy atom. The van der Waals surface area contributed by atoms with Crippen molar-refractivity contribution in [3.63, 3.8) is 0 Å². The van der Waals surface area contributed by atoms with Crippen LogP contribution in [0.5, 0.6) is 0 Å². The van der Waals surface area contributed by atoms with Gasteiger partial charge in [0.1, 0.15) is 0 Å². The van der Waals surface area contributed by atoms with Gasteiger partial charge < -0.3 is 4.74 Å². The predicted molar refractivity (Wildman–Crippen MR) is 44.4 cm³/mol. The highest BCUT2D eigenvalue weighted by Crippen LogP contribution is 2.34. The lowest BCUT2D eigenvalue weighted by atomic mass is 9.95. The maximum Gasteiger partial charge on any atom is 0.369 e. The van der Waals surface area contributed by atoms with Crippen LogP contribution in [0.15, 0.2) is 42.7 Å². The van der Waals surface area contributed by atoms with Crippen molar-refractivity contribution in [3.05, 3.63) is 48.2 Å². The molecular formula is C10H7ClO6. The molecule has 1 unspecified atom stereocenters. The number of rotatable bonds is 3. The van der Waals surface area contributed by atoms with Crippen molar-refractivity contribution in [2.45, 2.75) is 5.60 Å². The monoisotopic (exact) mass is 258 g/mol. The average Bonchev–Trinajstić information content (AvgIpc) is 2.60. The van der Waals surface area contributed by atoms with Gasteiger partial charge in [-0.25, -0.2) is 4.79 Å². The van der Waals surface area contributed by atoms with Crippen molar-refractivity contribution in [2.75, 3.05) is 0 Å². The van der Waals surface area contributed by atoms with E-state index in [0.717, 1.165) is 12.3 Å². The molecule has 1 aromatic rings. The summed E-state index contributed by atoms with van der Waals surface area (Å²) < 4.78 is 40.8. The summed E-state index contributed by atoms with van der Waals surface area (Å²) in [5.74, 6) is -0.976. The second-order valence-electron chi connectivity index (χ2n) is 3.26. The van der Waals surface area contributed by atoms with Gasteiger partial charge in [-0.15, -0.1) is 0 Å². The minimum Gasteiger partial charge on any atom is -0.432 e. The molecule has 90 valence electrons. The molecule has 0 N–H and O–H groups in total. The summed E-state index contributed by atoms with van der Waals surface area (Å²) in [5.41, 5.74) is -1.82. The van der Waals surface area contributed by atoms with Gasteiger partial charge >= 0.3 is 11.6 Å². The number of halogens is 1. The molecular weight excluding hydrogens is 252 g/mol. The number of hydrogen-bond acceptors (Lipinski definition) is 6. The van der Waals surface area contributed by atoms with E-state index in [4.69, 9.17) is 0 Å². The first kappa shape index (κ1) is 12.0. The van der Waals surface area contributed by atoms with Crippen molar-refractivity contribution in [1.82, 2.24) is 0 Å². The molecule has 0 saturated heterocycles. The van der Waals surface area contributed by atoms with Gasteiger partial charge in [-0.3, -0.25) is 0 Å². The molecule has 0 bridgehead atoms. The Labute approximate surface area is 98.4 Å². The van der Waals surface area contributed by atoms with Crippen LogP contribution in [0, 0.1) is 10.2 Å². The van der Waals surface area contributed by atoms with Gasteiger partial charge in [-0.2, -0.15) is 14.0 Å². The van der Waals surface area contributed by atoms with Crippen LogP contribution in [0.1, 0.15) is 5.56 Å². The average molecular weight is 259 g/mol. The van der Waals surface area contributed by atoms with E-state index in [1.165, 1.54) is 12.1 Å². The van der Waals surface area contributed by atoms with Crippen LogP contribution >= 0.6 is 0 Å². The zero-order valence-electron chi connectivity index (χ0n) is 8.37. The molecule has 7 heteroatoms. The number of cyclic esters (lactones) is 1. The number of esters is 1. The fourth-order valence-electron chi connectivity index (χ4n) is 1.50. The maximum absolute atomic E-state index is 11.6. The number of hydrogen-bond donors (Lipinski definition) is 0. The second kappa shape index (κ2) is 4.10. The summed E-state index contributed by atoms with van der Waals surface area (Å²) in [7, 11) is -4.76. The fraction of sp³-hybridized carbons (Fsp3) is 0.100. The molecule has 2 rings (SSSR count). The minimum absolute atomic E-state index is 0.200. The summed E-state index contributed by atoms with van der Waals surface area (Å²) in [6.07, 6.45) is 2.06. The molecule has 0 fully saturated rings. The van der Waals surface area contributed by atoms with E-state index < -0.39 is 21.8 Å². The first-order valence-corrected chi connectivity index (χ1v) is 5.73. The Kier molecular flexibility index (Phi) is 2.90. The molecule has 0 amide bonds. The topological polar surface area (TPSA) is 105 Å². The SMILES string of the molecule is O=C1OC=CC1(O[Cl+3]([O-])([O-])[O-])c1ccccc1. The number of ether oxygens (including phenoxy) is 1. The van der Waals surface area contributed by atoms with Crippen molar-refractivity contribution in [1.29, 1.82) is 0 Å². The lowest BCUT2D eigenvalue weighted by Crippen LogP contribution is -2.64. The zero-order chi connectivity index (χ0) is 12.5. The molecule has 0 spiro atoms. The van der Waals surface area contributed by atoms with Crippen LogP contribution in [0.4, 0.5) is 0 Å². The van der Waals surface area contributed by atoms with E-state index in [2.05, 4.69) is 9.03 Å². The van der Waals surface area contributed by atoms with Crippen LogP contribution in [-0.4, -0.2) is 5.97 Å². The minimum atomic E-state index is -4.76. The number of carbonyl (C=O) groups is 1. The summed E-state index contributed by atoms with van der Waals surface area (Å²) in [4.78, 5) is 11.6. The van der Waals surface area contributed by atoms with Crippen molar-refractivity contribution < 1.29 is 38.0 Å². The van der Waals surface area contributed by atoms with Gasteiger partial charge in [0, 0.05) is 11.6 Å². The van der Waals surface area contributed by atoms with Crippen molar-refractivity contribution in [3.8, 4) is 0 Å². The highest BCUT2D eigenvalue weighted by atomic mass is 35.7. The van der Waals surface area contributed by atoms with Gasteiger partial charge in [-0.1, -0.05) is 30.3 Å². The maximum atomic E-state index is 11.6. The number of carbonyl (C=O) groups excluding carboxylic acids is 1. The highest BCUT2D eigenvalue weighted by Gasteiger charge is 2.57. The molecule has 17 heavy (non-hydrogen) atoms. The quantitative estimate of drug-likeness (QED) is 0.573. The zero-order valence-corrected chi connectivity index (χ0v) is 9.12. The van der Waals surface area contributed by atoms with Crippen LogP contribution in [0.3, 0.4) is 0 Å². The van der Waals surface area contributed by atoms with E-state index in [1.54, 1.807) is 18.2 Å². The lowest BCUT2D eigenvalue weighted by Gasteiger charge is -2.22. The lowest BCUT2D eigenvalue weighted by molar-refractivity contribution is -1.92. The first-order chi connectivity index (χ1) is 7.94. The van der Waals surface area contributed by atoms with Crippen LogP contribution < -0.4 is 14.0 Å². The molecule has 1 atom stereocenters. The van der Waals surface area contributed by atoms with Gasteiger partial charge in [0.25, 0.3) is 0 Å². The van der Waals surface area contributed by atoms with Crippen molar-refractivity contribution in [2.24, 2.45) is 0 Å². The molecule has 0 aliphatic carbocycles. The molecule has 0 saturated carbocycles. The van der Waals surface area contributed by atoms with E-state index in [-0.39, 0.29) is 5.56 Å². The normalized spacial score (nSPS) is 23.8. The van der Waals surface area contributed by atoms with Crippen LogP contribution in [-0.2, 0) is 19.4 Å². The molecule has 6 nitrogen and oxygen atoms in total. The van der Waals surface area contributed by atoms with Crippen molar-refractivity contribution >= 4 is 5.97 Å². The predicted octanol–water partition coefficient (Wildman–Crippen LogP) is -2.13. The van der Waals surface area contributed by atoms with Gasteiger partial charge in [0.15, 0.2) is 0 Å². The first-order valence-electron chi connectivity index (χ1n) is 4.50. The summed E-state index contributed by atoms with van der Waals surface area (Å²) >= 11 is 0. The van der Waals surface area contributed by atoms with Crippen LogP contribution in [0.25, 0.3) is 0 Å². The Morgan fingerprint density at radius 2 is 1.82 bits per heavy atom. The Bertz CT molecular complexity index is 452. The molecule has 1 aliphatic heterocycles. The Morgan fingerprint density at radius 1 is 1.18 bits per heavy atom. The smallest absolute Gasteiger partial charge is 0.369 e. The summed E-state index contributed by atoms with van der Waals surface area (Å²) in [6.45, 7) is 0. The summed E-state index contributed by atoms with van der Waals surface area (Å²) in [5, 5.41) is 0. The van der Waals surface area contributed by atoms with E-state index in [9.17, 15) is 18.8 Å². The molecule has 1 aliphatic rings. The third kappa shape index (κ3) is 2.31. The van der Waals surface area contributed by atoms with E-state index in [1.807, 2.05) is 0 Å². The highest BCUT2D eigenvalue weighted by molar-refractivity contribution is 5.86. The molecule has 0 radical (unpaired) electrons. The molecule has 0 aromatic heterocycles. The van der Waals surface area contributed by atoms with Gasteiger partial charge in [0.05, 0.1) is 20.8 Å².